The minimum absolute atomic E-state index is 0.0883. The molecule has 2 aromatic heterocycles. The highest BCUT2D eigenvalue weighted by Gasteiger charge is 2.21. The fourth-order valence-electron chi connectivity index (χ4n) is 6.83. The Morgan fingerprint density at radius 1 is 0.627 bits per heavy atom. The second-order valence-electron chi connectivity index (χ2n) is 15.3. The lowest BCUT2D eigenvalue weighted by atomic mass is 9.82. The van der Waals surface area contributed by atoms with Gasteiger partial charge in [0, 0.05) is 23.1 Å². The topological polar surface area (TPSA) is 38.2 Å². The zero-order valence-corrected chi connectivity index (χ0v) is 31.9. The number of pyridine rings is 2. The molecule has 0 atom stereocenters. The maximum Gasteiger partial charge on any atom is 0.138 e. The standard InChI is InChI=1S/C47H51N3O/c1-30(2)36-25-37(31(3)4)28-40(27-36)50(39-16-13-15-34(26-39)41-17-11-12-19-44(41)51-10)45-20-14-18-42(49-45)43-29-35(21-22-48-43)46-32(5)23-38(24-33(46)6)47(7,8)9/h11-31H,1-10H3. The highest BCUT2D eigenvalue weighted by molar-refractivity contribution is 5.82. The summed E-state index contributed by atoms with van der Waals surface area (Å²) in [6.07, 6.45) is 1.91. The molecule has 0 saturated carbocycles. The molecule has 2 heterocycles. The van der Waals surface area contributed by atoms with Crippen molar-refractivity contribution in [2.75, 3.05) is 12.0 Å². The van der Waals surface area contributed by atoms with E-state index in [0.717, 1.165) is 51.0 Å². The van der Waals surface area contributed by atoms with E-state index in [1.165, 1.54) is 33.4 Å². The summed E-state index contributed by atoms with van der Waals surface area (Å²) in [5.41, 5.74) is 14.9. The molecule has 0 spiro atoms. The van der Waals surface area contributed by atoms with Crippen LogP contribution in [-0.4, -0.2) is 17.1 Å². The lowest BCUT2D eigenvalue weighted by molar-refractivity contribution is 0.416. The van der Waals surface area contributed by atoms with Gasteiger partial charge in [-0.3, -0.25) is 9.88 Å². The number of methoxy groups -OCH3 is 1. The smallest absolute Gasteiger partial charge is 0.138 e. The summed E-state index contributed by atoms with van der Waals surface area (Å²) in [5, 5.41) is 0. The minimum Gasteiger partial charge on any atom is -0.496 e. The third-order valence-electron chi connectivity index (χ3n) is 9.75. The quantitative estimate of drug-likeness (QED) is 0.153. The van der Waals surface area contributed by atoms with Crippen LogP contribution < -0.4 is 9.64 Å². The van der Waals surface area contributed by atoms with E-state index >= 15 is 0 Å². The zero-order chi connectivity index (χ0) is 36.4. The van der Waals surface area contributed by atoms with E-state index in [2.05, 4.69) is 164 Å². The van der Waals surface area contributed by atoms with Gasteiger partial charge in [-0.1, -0.05) is 103 Å². The Kier molecular flexibility index (Phi) is 10.2. The molecule has 0 unspecified atom stereocenters. The van der Waals surface area contributed by atoms with Gasteiger partial charge in [-0.2, -0.15) is 0 Å². The summed E-state index contributed by atoms with van der Waals surface area (Å²) in [6, 6.07) is 39.0. The van der Waals surface area contributed by atoms with Gasteiger partial charge in [0.25, 0.3) is 0 Å². The van der Waals surface area contributed by atoms with Crippen molar-refractivity contribution in [3.05, 3.63) is 143 Å². The first kappa shape index (κ1) is 35.6. The van der Waals surface area contributed by atoms with E-state index < -0.39 is 0 Å². The van der Waals surface area contributed by atoms with Gasteiger partial charge in [-0.25, -0.2) is 4.98 Å². The van der Waals surface area contributed by atoms with Crippen molar-refractivity contribution in [2.45, 2.75) is 79.6 Å². The first-order chi connectivity index (χ1) is 24.3. The van der Waals surface area contributed by atoms with Crippen LogP contribution in [-0.2, 0) is 5.41 Å². The number of rotatable bonds is 9. The maximum atomic E-state index is 5.76. The monoisotopic (exact) mass is 673 g/mol. The molecule has 0 aliphatic rings. The molecule has 0 bridgehead atoms. The molecule has 4 heteroatoms. The molecule has 4 nitrogen and oxygen atoms in total. The molecule has 0 aliphatic carbocycles. The number of aromatic nitrogens is 2. The summed E-state index contributed by atoms with van der Waals surface area (Å²) >= 11 is 0. The summed E-state index contributed by atoms with van der Waals surface area (Å²) in [7, 11) is 1.72. The lowest BCUT2D eigenvalue weighted by Crippen LogP contribution is -2.13. The Balaban J connectivity index is 1.51. The highest BCUT2D eigenvalue weighted by Crippen LogP contribution is 2.41. The van der Waals surface area contributed by atoms with Crippen LogP contribution in [0.25, 0.3) is 33.6 Å². The Morgan fingerprint density at radius 3 is 1.94 bits per heavy atom. The molecule has 0 radical (unpaired) electrons. The van der Waals surface area contributed by atoms with Crippen LogP contribution in [0.2, 0.25) is 0 Å². The van der Waals surface area contributed by atoms with Gasteiger partial charge in [0.05, 0.1) is 18.5 Å². The van der Waals surface area contributed by atoms with Crippen LogP contribution in [0.1, 0.15) is 88.1 Å². The molecular weight excluding hydrogens is 623 g/mol. The number of ether oxygens (including phenoxy) is 1. The number of hydrogen-bond donors (Lipinski definition) is 0. The average Bonchev–Trinajstić information content (AvgIpc) is 3.11. The maximum absolute atomic E-state index is 5.76. The van der Waals surface area contributed by atoms with Crippen molar-refractivity contribution >= 4 is 17.2 Å². The van der Waals surface area contributed by atoms with Crippen molar-refractivity contribution < 1.29 is 4.74 Å². The number of para-hydroxylation sites is 1. The van der Waals surface area contributed by atoms with E-state index in [1.807, 2.05) is 18.3 Å². The van der Waals surface area contributed by atoms with Crippen molar-refractivity contribution in [1.82, 2.24) is 9.97 Å². The molecule has 260 valence electrons. The Hall–Kier alpha value is -5.22. The number of hydrogen-bond acceptors (Lipinski definition) is 4. The lowest BCUT2D eigenvalue weighted by Gasteiger charge is -2.27. The highest BCUT2D eigenvalue weighted by atomic mass is 16.5. The van der Waals surface area contributed by atoms with Crippen LogP contribution in [0, 0.1) is 13.8 Å². The van der Waals surface area contributed by atoms with Gasteiger partial charge in [0.1, 0.15) is 11.6 Å². The van der Waals surface area contributed by atoms with Crippen LogP contribution >= 0.6 is 0 Å². The van der Waals surface area contributed by atoms with Crippen LogP contribution in [0.4, 0.5) is 17.2 Å². The van der Waals surface area contributed by atoms with Gasteiger partial charge in [0.15, 0.2) is 0 Å². The Labute approximate surface area is 305 Å². The number of anilines is 3. The van der Waals surface area contributed by atoms with Crippen LogP contribution in [0.5, 0.6) is 5.75 Å². The average molecular weight is 674 g/mol. The van der Waals surface area contributed by atoms with E-state index in [0.29, 0.717) is 11.8 Å². The molecular formula is C47H51N3O. The van der Waals surface area contributed by atoms with Gasteiger partial charge in [-0.05, 0) is 130 Å². The van der Waals surface area contributed by atoms with Gasteiger partial charge in [-0.15, -0.1) is 0 Å². The number of benzene rings is 4. The predicted octanol–water partition coefficient (Wildman–Crippen LogP) is 13.1. The first-order valence-corrected chi connectivity index (χ1v) is 18.1. The van der Waals surface area contributed by atoms with E-state index in [9.17, 15) is 0 Å². The molecule has 51 heavy (non-hydrogen) atoms. The minimum atomic E-state index is 0.0883. The third kappa shape index (κ3) is 7.61. The van der Waals surface area contributed by atoms with Gasteiger partial charge < -0.3 is 4.74 Å². The van der Waals surface area contributed by atoms with Crippen LogP contribution in [0.3, 0.4) is 0 Å². The van der Waals surface area contributed by atoms with Gasteiger partial charge in [0.2, 0.25) is 0 Å². The first-order valence-electron chi connectivity index (χ1n) is 18.1. The fraction of sp³-hybridized carbons (Fsp3) is 0.277. The third-order valence-corrected chi connectivity index (χ3v) is 9.75. The number of aryl methyl sites for hydroxylation is 2. The molecule has 6 rings (SSSR count). The molecule has 0 amide bonds. The summed E-state index contributed by atoms with van der Waals surface area (Å²) in [4.78, 5) is 12.5. The predicted molar refractivity (Wildman–Crippen MR) is 216 cm³/mol. The second-order valence-corrected chi connectivity index (χ2v) is 15.3. The van der Waals surface area contributed by atoms with E-state index in [-0.39, 0.29) is 5.41 Å². The summed E-state index contributed by atoms with van der Waals surface area (Å²) in [6.45, 7) is 20.3. The second kappa shape index (κ2) is 14.6. The normalized spacial score (nSPS) is 11.7. The summed E-state index contributed by atoms with van der Waals surface area (Å²) < 4.78 is 5.76. The molecule has 0 aliphatic heterocycles. The Morgan fingerprint density at radius 2 is 1.29 bits per heavy atom. The largest absolute Gasteiger partial charge is 0.496 e. The van der Waals surface area contributed by atoms with Gasteiger partial charge >= 0.3 is 0 Å². The molecule has 0 fully saturated rings. The van der Waals surface area contributed by atoms with Crippen molar-refractivity contribution in [3.63, 3.8) is 0 Å². The van der Waals surface area contributed by atoms with E-state index in [1.54, 1.807) is 7.11 Å². The SMILES string of the molecule is COc1ccccc1-c1cccc(N(c2cc(C(C)C)cc(C(C)C)c2)c2cccc(-c3cc(-c4c(C)cc(C(C)(C)C)cc4C)ccn3)n2)c1. The zero-order valence-electron chi connectivity index (χ0n) is 31.9. The van der Waals surface area contributed by atoms with E-state index in [4.69, 9.17) is 14.7 Å². The fourth-order valence-corrected chi connectivity index (χ4v) is 6.83. The molecule has 6 aromatic rings. The number of nitrogens with zero attached hydrogens (tertiary/aromatic N) is 3. The molecule has 0 N–H and O–H groups in total. The van der Waals surface area contributed by atoms with Crippen molar-refractivity contribution in [1.29, 1.82) is 0 Å². The molecule has 4 aromatic carbocycles. The van der Waals surface area contributed by atoms with Crippen molar-refractivity contribution in [3.8, 4) is 39.4 Å². The Bertz CT molecular complexity index is 2120. The van der Waals surface area contributed by atoms with Crippen LogP contribution in [0.15, 0.2) is 115 Å². The van der Waals surface area contributed by atoms with Crippen molar-refractivity contribution in [2.24, 2.45) is 0 Å². The summed E-state index contributed by atoms with van der Waals surface area (Å²) in [5.74, 6) is 2.42. The molecule has 0 saturated heterocycles.